The summed E-state index contributed by atoms with van der Waals surface area (Å²) in [5.41, 5.74) is 5.18. The molecule has 0 amide bonds. The molecule has 0 spiro atoms. The Hall–Kier alpha value is -1.86. The molecular weight excluding hydrogens is 328 g/mol. The Morgan fingerprint density at radius 2 is 1.33 bits per heavy atom. The van der Waals surface area contributed by atoms with E-state index in [2.05, 4.69) is 109 Å². The molecule has 2 rings (SSSR count). The van der Waals surface area contributed by atoms with Crippen molar-refractivity contribution in [3.63, 3.8) is 0 Å². The van der Waals surface area contributed by atoms with E-state index in [1.807, 2.05) is 0 Å². The van der Waals surface area contributed by atoms with E-state index in [0.717, 1.165) is 13.2 Å². The highest BCUT2D eigenvalue weighted by Crippen LogP contribution is 2.30. The lowest BCUT2D eigenvalue weighted by Gasteiger charge is -2.26. The van der Waals surface area contributed by atoms with Crippen LogP contribution in [0.5, 0.6) is 0 Å². The summed E-state index contributed by atoms with van der Waals surface area (Å²) in [7, 11) is 0. The topological polar surface area (TPSA) is 9.23 Å². The van der Waals surface area contributed by atoms with E-state index in [-0.39, 0.29) is 10.8 Å². The summed E-state index contributed by atoms with van der Waals surface area (Å²) < 4.78 is 5.85. The molecule has 146 valence electrons. The standard InChI is InChI=1S/C26H36O/c1-20(2)18-27-19-25(4,5)16-17-26(6,7)24-14-12-23(13-15-24)22-10-8-21(3)9-11-22/h8-17,20H,18-19H2,1-7H3. The Labute approximate surface area is 166 Å². The highest BCUT2D eigenvalue weighted by atomic mass is 16.5. The van der Waals surface area contributed by atoms with Crippen molar-refractivity contribution in [3.05, 3.63) is 71.8 Å². The average molecular weight is 365 g/mol. The summed E-state index contributed by atoms with van der Waals surface area (Å²) in [4.78, 5) is 0. The minimum atomic E-state index is -0.0128. The van der Waals surface area contributed by atoms with E-state index in [1.165, 1.54) is 22.3 Å². The van der Waals surface area contributed by atoms with Gasteiger partial charge in [-0.15, -0.1) is 0 Å². The molecule has 2 aromatic carbocycles. The van der Waals surface area contributed by atoms with Crippen LogP contribution in [0.3, 0.4) is 0 Å². The Balaban J connectivity index is 2.08. The van der Waals surface area contributed by atoms with Gasteiger partial charge in [0, 0.05) is 17.4 Å². The summed E-state index contributed by atoms with van der Waals surface area (Å²) >= 11 is 0. The molecule has 1 nitrogen and oxygen atoms in total. The fourth-order valence-electron chi connectivity index (χ4n) is 2.97. The first kappa shape index (κ1) is 21.4. The molecule has 0 N–H and O–H groups in total. The van der Waals surface area contributed by atoms with Crippen LogP contribution in [0.4, 0.5) is 0 Å². The molecule has 0 heterocycles. The smallest absolute Gasteiger partial charge is 0.0551 e. The molecule has 1 heteroatoms. The zero-order valence-corrected chi connectivity index (χ0v) is 18.2. The first-order valence-corrected chi connectivity index (χ1v) is 10.0. The Morgan fingerprint density at radius 3 is 1.85 bits per heavy atom. The molecule has 0 saturated heterocycles. The number of allylic oxidation sites excluding steroid dienone is 1. The number of aryl methyl sites for hydroxylation is 1. The third-order valence-corrected chi connectivity index (χ3v) is 4.89. The second kappa shape index (κ2) is 8.89. The van der Waals surface area contributed by atoms with Gasteiger partial charge in [0.1, 0.15) is 0 Å². The Morgan fingerprint density at radius 1 is 0.815 bits per heavy atom. The maximum atomic E-state index is 5.85. The van der Waals surface area contributed by atoms with Crippen molar-refractivity contribution in [2.45, 2.75) is 53.9 Å². The maximum Gasteiger partial charge on any atom is 0.0551 e. The zero-order valence-electron chi connectivity index (χ0n) is 18.2. The van der Waals surface area contributed by atoms with Crippen LogP contribution in [0.25, 0.3) is 11.1 Å². The summed E-state index contributed by atoms with van der Waals surface area (Å²) in [5, 5.41) is 0. The van der Waals surface area contributed by atoms with E-state index in [1.54, 1.807) is 0 Å². The van der Waals surface area contributed by atoms with Gasteiger partial charge in [-0.25, -0.2) is 0 Å². The monoisotopic (exact) mass is 364 g/mol. The maximum absolute atomic E-state index is 5.85. The normalized spacial score (nSPS) is 12.9. The second-order valence-corrected chi connectivity index (χ2v) is 9.40. The molecule has 0 radical (unpaired) electrons. The van der Waals surface area contributed by atoms with Crippen LogP contribution in [0.2, 0.25) is 0 Å². The van der Waals surface area contributed by atoms with Gasteiger partial charge in [-0.3, -0.25) is 0 Å². The number of hydrogen-bond donors (Lipinski definition) is 0. The molecule has 0 unspecified atom stereocenters. The van der Waals surface area contributed by atoms with Gasteiger partial charge in [-0.2, -0.15) is 0 Å². The fraction of sp³-hybridized carbons (Fsp3) is 0.462. The molecule has 27 heavy (non-hydrogen) atoms. The first-order valence-electron chi connectivity index (χ1n) is 10.0. The zero-order chi connectivity index (χ0) is 20.1. The largest absolute Gasteiger partial charge is 0.380 e. The van der Waals surface area contributed by atoms with E-state index in [0.29, 0.717) is 5.92 Å². The Kier molecular flexibility index (Phi) is 7.06. The second-order valence-electron chi connectivity index (χ2n) is 9.40. The lowest BCUT2D eigenvalue weighted by Crippen LogP contribution is -2.21. The minimum Gasteiger partial charge on any atom is -0.380 e. The number of ether oxygens (including phenoxy) is 1. The molecule has 0 atom stereocenters. The van der Waals surface area contributed by atoms with Crippen molar-refractivity contribution in [1.82, 2.24) is 0 Å². The van der Waals surface area contributed by atoms with Crippen LogP contribution in [0.15, 0.2) is 60.7 Å². The van der Waals surface area contributed by atoms with Crippen molar-refractivity contribution in [2.75, 3.05) is 13.2 Å². The lowest BCUT2D eigenvalue weighted by molar-refractivity contribution is 0.0652. The van der Waals surface area contributed by atoms with E-state index in [9.17, 15) is 0 Å². The molecule has 2 aromatic rings. The molecule has 0 aliphatic carbocycles. The molecular formula is C26H36O. The summed E-state index contributed by atoms with van der Waals surface area (Å²) in [5.74, 6) is 0.577. The van der Waals surface area contributed by atoms with Gasteiger partial charge in [0.05, 0.1) is 6.61 Å². The van der Waals surface area contributed by atoms with Crippen molar-refractivity contribution in [1.29, 1.82) is 0 Å². The fourth-order valence-corrected chi connectivity index (χ4v) is 2.97. The highest BCUT2D eigenvalue weighted by molar-refractivity contribution is 5.64. The molecule has 0 saturated carbocycles. The van der Waals surface area contributed by atoms with Crippen LogP contribution >= 0.6 is 0 Å². The van der Waals surface area contributed by atoms with Crippen molar-refractivity contribution in [2.24, 2.45) is 11.3 Å². The SMILES string of the molecule is Cc1ccc(-c2ccc(C(C)(C)C=CC(C)(C)COCC(C)C)cc2)cc1. The average Bonchev–Trinajstić information content (AvgIpc) is 2.61. The van der Waals surface area contributed by atoms with E-state index < -0.39 is 0 Å². The van der Waals surface area contributed by atoms with Crippen LogP contribution in [-0.2, 0) is 10.2 Å². The highest BCUT2D eigenvalue weighted by Gasteiger charge is 2.20. The number of rotatable bonds is 8. The molecule has 0 bridgehead atoms. The number of hydrogen-bond acceptors (Lipinski definition) is 1. The van der Waals surface area contributed by atoms with Gasteiger partial charge >= 0.3 is 0 Å². The summed E-state index contributed by atoms with van der Waals surface area (Å²) in [6.45, 7) is 17.1. The van der Waals surface area contributed by atoms with Crippen LogP contribution in [0.1, 0.15) is 52.7 Å². The van der Waals surface area contributed by atoms with Gasteiger partial charge in [-0.1, -0.05) is 108 Å². The van der Waals surface area contributed by atoms with Crippen molar-refractivity contribution < 1.29 is 4.74 Å². The van der Waals surface area contributed by atoms with Gasteiger partial charge in [0.25, 0.3) is 0 Å². The van der Waals surface area contributed by atoms with E-state index >= 15 is 0 Å². The Bertz CT molecular complexity index is 731. The van der Waals surface area contributed by atoms with Gasteiger partial charge in [0.15, 0.2) is 0 Å². The molecule has 0 fully saturated rings. The van der Waals surface area contributed by atoms with Gasteiger partial charge in [-0.05, 0) is 29.5 Å². The molecule has 0 aliphatic rings. The first-order chi connectivity index (χ1) is 12.6. The van der Waals surface area contributed by atoms with Crippen LogP contribution < -0.4 is 0 Å². The minimum absolute atomic E-state index is 0.0128. The predicted molar refractivity (Wildman–Crippen MR) is 118 cm³/mol. The molecule has 0 aliphatic heterocycles. The quantitative estimate of drug-likeness (QED) is 0.450. The third kappa shape index (κ3) is 6.66. The molecule has 0 aromatic heterocycles. The lowest BCUT2D eigenvalue weighted by atomic mass is 9.81. The number of benzene rings is 2. The summed E-state index contributed by atoms with van der Waals surface area (Å²) in [6, 6.07) is 17.7. The van der Waals surface area contributed by atoms with Crippen LogP contribution in [0, 0.1) is 18.3 Å². The third-order valence-electron chi connectivity index (χ3n) is 4.89. The van der Waals surface area contributed by atoms with Gasteiger partial charge in [0.2, 0.25) is 0 Å². The van der Waals surface area contributed by atoms with Crippen molar-refractivity contribution in [3.8, 4) is 11.1 Å². The summed E-state index contributed by atoms with van der Waals surface area (Å²) in [6.07, 6.45) is 4.63. The van der Waals surface area contributed by atoms with E-state index in [4.69, 9.17) is 4.74 Å². The van der Waals surface area contributed by atoms with Crippen molar-refractivity contribution >= 4 is 0 Å². The predicted octanol–water partition coefficient (Wildman–Crippen LogP) is 7.19. The van der Waals surface area contributed by atoms with Gasteiger partial charge < -0.3 is 4.74 Å². The van der Waals surface area contributed by atoms with Crippen LogP contribution in [-0.4, -0.2) is 13.2 Å².